The van der Waals surface area contributed by atoms with E-state index >= 15 is 0 Å². The Labute approximate surface area is 150 Å². The minimum atomic E-state index is -0.153. The van der Waals surface area contributed by atoms with Crippen molar-refractivity contribution in [1.82, 2.24) is 40.2 Å². The van der Waals surface area contributed by atoms with Crippen LogP contribution in [0.25, 0.3) is 5.82 Å². The number of fused-ring (bicyclic) bond motifs is 1. The summed E-state index contributed by atoms with van der Waals surface area (Å²) in [5.74, 6) is 1.36. The van der Waals surface area contributed by atoms with Crippen LogP contribution >= 0.6 is 0 Å². The molecule has 1 N–H and O–H groups in total. The maximum absolute atomic E-state index is 13.0. The maximum Gasteiger partial charge on any atom is 0.272 e. The maximum atomic E-state index is 13.0. The van der Waals surface area contributed by atoms with Gasteiger partial charge in [-0.15, -0.1) is 5.10 Å². The monoisotopic (exact) mass is 358 g/mol. The molecule has 0 aliphatic carbocycles. The van der Waals surface area contributed by atoms with Gasteiger partial charge in [-0.2, -0.15) is 9.78 Å². The number of ether oxygens (including phenoxy) is 1. The van der Waals surface area contributed by atoms with Gasteiger partial charge in [-0.3, -0.25) is 9.89 Å². The zero-order chi connectivity index (χ0) is 17.9. The first-order valence-electron chi connectivity index (χ1n) is 8.96. The highest BCUT2D eigenvalue weighted by molar-refractivity contribution is 5.93. The Kier molecular flexibility index (Phi) is 3.41. The molecule has 3 aliphatic heterocycles. The van der Waals surface area contributed by atoms with Gasteiger partial charge in [0.05, 0.1) is 18.2 Å². The van der Waals surface area contributed by atoms with Crippen molar-refractivity contribution in [3.05, 3.63) is 18.1 Å². The van der Waals surface area contributed by atoms with Gasteiger partial charge in [-0.1, -0.05) is 0 Å². The van der Waals surface area contributed by atoms with Crippen molar-refractivity contribution in [1.29, 1.82) is 0 Å². The van der Waals surface area contributed by atoms with Crippen LogP contribution in [0.1, 0.15) is 23.3 Å². The van der Waals surface area contributed by atoms with Gasteiger partial charge >= 0.3 is 0 Å². The molecule has 138 valence electrons. The zero-order valence-corrected chi connectivity index (χ0v) is 14.9. The van der Waals surface area contributed by atoms with Crippen LogP contribution in [0, 0.1) is 11.8 Å². The fourth-order valence-electron chi connectivity index (χ4n) is 4.99. The predicted octanol–water partition coefficient (Wildman–Crippen LogP) is -0.433. The minimum absolute atomic E-state index is 0.0451. The number of hydrogen-bond donors (Lipinski definition) is 1. The largest absolute Gasteiger partial charge is 0.369 e. The van der Waals surface area contributed by atoms with Gasteiger partial charge < -0.3 is 14.5 Å². The van der Waals surface area contributed by atoms with Crippen LogP contribution in [-0.4, -0.2) is 91.5 Å². The molecule has 2 aromatic heterocycles. The third-order valence-corrected chi connectivity index (χ3v) is 6.03. The molecule has 3 saturated heterocycles. The molecule has 10 heteroatoms. The Balaban J connectivity index is 1.35. The lowest BCUT2D eigenvalue weighted by atomic mass is 9.73. The Hall–Kier alpha value is -2.33. The number of H-pyrrole nitrogens is 1. The number of likely N-dealkylation sites (tertiary alicyclic amines) is 1. The quantitative estimate of drug-likeness (QED) is 0.790. The van der Waals surface area contributed by atoms with Crippen LogP contribution < -0.4 is 0 Å². The van der Waals surface area contributed by atoms with E-state index < -0.39 is 0 Å². The Morgan fingerprint density at radius 2 is 2.38 bits per heavy atom. The van der Waals surface area contributed by atoms with Crippen LogP contribution in [0.15, 0.2) is 12.4 Å². The van der Waals surface area contributed by atoms with Gasteiger partial charge in [0.2, 0.25) is 0 Å². The third kappa shape index (κ3) is 2.28. The van der Waals surface area contributed by atoms with E-state index in [4.69, 9.17) is 4.74 Å². The zero-order valence-electron chi connectivity index (χ0n) is 14.9. The van der Waals surface area contributed by atoms with Crippen LogP contribution in [0.3, 0.4) is 0 Å². The molecule has 5 heterocycles. The van der Waals surface area contributed by atoms with Gasteiger partial charge in [0, 0.05) is 31.0 Å². The van der Waals surface area contributed by atoms with E-state index in [1.165, 1.54) is 11.0 Å². The van der Waals surface area contributed by atoms with Crippen molar-refractivity contribution < 1.29 is 9.53 Å². The third-order valence-electron chi connectivity index (χ3n) is 6.03. The summed E-state index contributed by atoms with van der Waals surface area (Å²) in [5, 5.41) is 17.9. The smallest absolute Gasteiger partial charge is 0.272 e. The van der Waals surface area contributed by atoms with Crippen molar-refractivity contribution in [3.8, 4) is 5.82 Å². The molecular weight excluding hydrogens is 336 g/mol. The van der Waals surface area contributed by atoms with Gasteiger partial charge in [0.25, 0.3) is 5.91 Å². The van der Waals surface area contributed by atoms with E-state index in [1.54, 1.807) is 6.07 Å². The number of carbonyl (C=O) groups excluding carboxylic acids is 1. The number of nitrogens with zero attached hydrogens (tertiary/aromatic N) is 7. The number of hydrogen-bond acceptors (Lipinski definition) is 7. The standard InChI is InChI=1S/C16H22N8O2/c1-22(2)6-10-11-7-23(8-16(11)4-3-13(10)26-16)15(25)12-5-14(19-18-12)24-9-17-20-21-24/h5,9-11,13H,3-4,6-8H2,1-2H3,(H,18,19)/t10-,11+,13+,16+/m1/s1. The van der Waals surface area contributed by atoms with E-state index in [9.17, 15) is 4.79 Å². The summed E-state index contributed by atoms with van der Waals surface area (Å²) in [6, 6.07) is 1.68. The van der Waals surface area contributed by atoms with Gasteiger partial charge in [0.15, 0.2) is 5.82 Å². The van der Waals surface area contributed by atoms with Crippen molar-refractivity contribution in [2.45, 2.75) is 24.5 Å². The molecule has 10 nitrogen and oxygen atoms in total. The van der Waals surface area contributed by atoms with Crippen molar-refractivity contribution >= 4 is 5.91 Å². The Bertz CT molecular complexity index is 818. The van der Waals surface area contributed by atoms with Crippen molar-refractivity contribution in [3.63, 3.8) is 0 Å². The summed E-state index contributed by atoms with van der Waals surface area (Å²) in [5.41, 5.74) is 0.297. The van der Waals surface area contributed by atoms with Gasteiger partial charge in [-0.05, 0) is 37.4 Å². The molecule has 0 unspecified atom stereocenters. The molecule has 2 bridgehead atoms. The van der Waals surface area contributed by atoms with E-state index in [1.807, 2.05) is 4.90 Å². The molecule has 1 spiro atoms. The molecule has 1 amide bonds. The minimum Gasteiger partial charge on any atom is -0.369 e. The summed E-state index contributed by atoms with van der Waals surface area (Å²) in [6.07, 6.45) is 3.94. The number of rotatable bonds is 4. The van der Waals surface area contributed by atoms with Crippen LogP contribution in [0.5, 0.6) is 0 Å². The summed E-state index contributed by atoms with van der Waals surface area (Å²) >= 11 is 0. The SMILES string of the molecule is CN(C)C[C@H]1[C@@H]2CC[C@@]3(CN(C(=O)c4cc(-n5cnnn5)n[nH]4)C[C@@H]13)O2. The first-order valence-corrected chi connectivity index (χ1v) is 8.96. The summed E-state index contributed by atoms with van der Waals surface area (Å²) < 4.78 is 7.82. The Morgan fingerprint density at radius 3 is 3.15 bits per heavy atom. The Morgan fingerprint density at radius 1 is 1.50 bits per heavy atom. The first kappa shape index (κ1) is 15.9. The first-order chi connectivity index (χ1) is 12.6. The lowest BCUT2D eigenvalue weighted by molar-refractivity contribution is 0.00250. The van der Waals surface area contributed by atoms with E-state index in [-0.39, 0.29) is 11.5 Å². The second-order valence-electron chi connectivity index (χ2n) is 7.87. The summed E-state index contributed by atoms with van der Waals surface area (Å²) in [6.45, 7) is 2.41. The lowest BCUT2D eigenvalue weighted by Gasteiger charge is -2.30. The molecule has 0 aromatic carbocycles. The number of nitrogens with one attached hydrogen (secondary N) is 1. The van der Waals surface area contributed by atoms with E-state index in [2.05, 4.69) is 44.7 Å². The van der Waals surface area contributed by atoms with E-state index in [0.717, 1.165) is 25.9 Å². The average Bonchev–Trinajstić information content (AvgIpc) is 3.39. The number of carbonyl (C=O) groups is 1. The molecule has 26 heavy (non-hydrogen) atoms. The number of tetrazole rings is 1. The molecule has 0 saturated carbocycles. The van der Waals surface area contributed by atoms with Crippen molar-refractivity contribution in [2.24, 2.45) is 11.8 Å². The topological polar surface area (TPSA) is 105 Å². The second-order valence-corrected chi connectivity index (χ2v) is 7.87. The van der Waals surface area contributed by atoms with E-state index in [0.29, 0.717) is 36.0 Å². The molecule has 4 atom stereocenters. The highest BCUT2D eigenvalue weighted by Gasteiger charge is 2.63. The fourth-order valence-corrected chi connectivity index (χ4v) is 4.99. The van der Waals surface area contributed by atoms with Crippen LogP contribution in [0.4, 0.5) is 0 Å². The second kappa shape index (κ2) is 5.58. The predicted molar refractivity (Wildman–Crippen MR) is 89.6 cm³/mol. The molecule has 5 rings (SSSR count). The highest BCUT2D eigenvalue weighted by atomic mass is 16.5. The van der Waals surface area contributed by atoms with Crippen molar-refractivity contribution in [2.75, 3.05) is 33.7 Å². The molecule has 2 aromatic rings. The number of amides is 1. The van der Waals surface area contributed by atoms with Gasteiger partial charge in [-0.25, -0.2) is 0 Å². The molecule has 3 aliphatic rings. The number of aromatic nitrogens is 6. The normalized spacial score (nSPS) is 32.6. The summed E-state index contributed by atoms with van der Waals surface area (Å²) in [7, 11) is 4.20. The molecule has 0 radical (unpaired) electrons. The average molecular weight is 358 g/mol. The molecular formula is C16H22N8O2. The summed E-state index contributed by atoms with van der Waals surface area (Å²) in [4.78, 5) is 17.1. The lowest BCUT2D eigenvalue weighted by Crippen LogP contribution is -2.40. The van der Waals surface area contributed by atoms with Gasteiger partial charge in [0.1, 0.15) is 12.0 Å². The van der Waals surface area contributed by atoms with Crippen LogP contribution in [-0.2, 0) is 4.74 Å². The number of aromatic amines is 1. The van der Waals surface area contributed by atoms with Crippen LogP contribution in [0.2, 0.25) is 0 Å². The molecule has 3 fully saturated rings. The fraction of sp³-hybridized carbons (Fsp3) is 0.688. The highest BCUT2D eigenvalue weighted by Crippen LogP contribution is 2.55.